The van der Waals surface area contributed by atoms with Crippen molar-refractivity contribution >= 4 is 5.84 Å². The molecule has 0 aliphatic carbocycles. The molecule has 2 heteroatoms. The van der Waals surface area contributed by atoms with Crippen LogP contribution in [-0.4, -0.2) is 12.4 Å². The van der Waals surface area contributed by atoms with Gasteiger partial charge in [0.2, 0.25) is 0 Å². The van der Waals surface area contributed by atoms with Crippen LogP contribution in [0, 0.1) is 0 Å². The van der Waals surface area contributed by atoms with Crippen molar-refractivity contribution in [3.8, 4) is 0 Å². The molecule has 0 aromatic carbocycles. The summed E-state index contributed by atoms with van der Waals surface area (Å²) in [4.78, 5) is 4.18. The van der Waals surface area contributed by atoms with Gasteiger partial charge in [0.25, 0.3) is 0 Å². The summed E-state index contributed by atoms with van der Waals surface area (Å²) in [6.07, 6.45) is 3.88. The average molecular weight is 152 g/mol. The molecule has 11 heavy (non-hydrogen) atoms. The van der Waals surface area contributed by atoms with Gasteiger partial charge in [0, 0.05) is 12.2 Å². The number of nitrogens with one attached hydrogen (secondary N) is 1. The third kappa shape index (κ3) is 5.40. The van der Waals surface area contributed by atoms with Crippen molar-refractivity contribution in [3.05, 3.63) is 24.4 Å². The molecule has 0 saturated heterocycles. The molecule has 0 aliphatic heterocycles. The van der Waals surface area contributed by atoms with Crippen LogP contribution in [0.3, 0.4) is 0 Å². The van der Waals surface area contributed by atoms with Crippen LogP contribution in [0.1, 0.15) is 20.8 Å². The normalized spacial score (nSPS) is 12.1. The molecule has 1 N–H and O–H groups in total. The topological polar surface area (TPSA) is 24.4 Å². The molecule has 0 aromatic heterocycles. The largest absolute Gasteiger partial charge is 0.370 e. The fourth-order valence-corrected chi connectivity index (χ4v) is 0.680. The maximum absolute atomic E-state index is 4.18. The second kappa shape index (κ2) is 5.71. The minimum Gasteiger partial charge on any atom is -0.370 e. The van der Waals surface area contributed by atoms with Crippen molar-refractivity contribution in [3.63, 3.8) is 0 Å². The van der Waals surface area contributed by atoms with Gasteiger partial charge in [-0.25, -0.2) is 4.99 Å². The molecule has 0 radical (unpaired) electrons. The maximum atomic E-state index is 4.18. The van der Waals surface area contributed by atoms with E-state index in [-0.39, 0.29) is 0 Å². The number of rotatable bonds is 3. The first-order chi connectivity index (χ1) is 5.20. The molecule has 0 fully saturated rings. The van der Waals surface area contributed by atoms with Crippen molar-refractivity contribution in [2.24, 2.45) is 4.99 Å². The number of amidine groups is 1. The summed E-state index contributed by atoms with van der Waals surface area (Å²) in [5.74, 6) is 0.877. The molecule has 2 nitrogen and oxygen atoms in total. The highest BCUT2D eigenvalue weighted by atomic mass is 15.0. The second-order valence-corrected chi connectivity index (χ2v) is 2.26. The molecule has 0 rings (SSSR count). The molecule has 0 atom stereocenters. The number of likely N-dealkylation sites (N-methyl/N-ethyl adjacent to an activating group) is 1. The summed E-state index contributed by atoms with van der Waals surface area (Å²) in [6.45, 7) is 10.5. The number of aliphatic imine (C=N–C) groups is 1. The Bertz CT molecular complexity index is 178. The molecule has 0 aliphatic rings. The monoisotopic (exact) mass is 152 g/mol. The molecule has 0 saturated carbocycles. The summed E-state index contributed by atoms with van der Waals surface area (Å²) in [5, 5.41) is 3.12. The first-order valence-electron chi connectivity index (χ1n) is 3.81. The highest BCUT2D eigenvalue weighted by Gasteiger charge is 1.88. The number of hydrogen-bond acceptors (Lipinski definition) is 1. The zero-order chi connectivity index (χ0) is 8.69. The van der Waals surface area contributed by atoms with Gasteiger partial charge in [-0.05, 0) is 26.8 Å². The third-order valence-electron chi connectivity index (χ3n) is 0.994. The van der Waals surface area contributed by atoms with Crippen LogP contribution in [0.2, 0.25) is 0 Å². The Morgan fingerprint density at radius 3 is 2.64 bits per heavy atom. The number of allylic oxidation sites excluding steroid dienone is 2. The van der Waals surface area contributed by atoms with Crippen molar-refractivity contribution in [1.82, 2.24) is 5.32 Å². The van der Waals surface area contributed by atoms with E-state index in [0.29, 0.717) is 0 Å². The van der Waals surface area contributed by atoms with Gasteiger partial charge < -0.3 is 5.32 Å². The van der Waals surface area contributed by atoms with E-state index >= 15 is 0 Å². The SMILES string of the molecule is C=C(C)/N=C(\C=C\C)NCC. The minimum atomic E-state index is 0.819. The Morgan fingerprint density at radius 2 is 2.27 bits per heavy atom. The third-order valence-corrected chi connectivity index (χ3v) is 0.994. The molecule has 0 bridgehead atoms. The van der Waals surface area contributed by atoms with Gasteiger partial charge in [0.15, 0.2) is 0 Å². The van der Waals surface area contributed by atoms with E-state index in [1.807, 2.05) is 32.9 Å². The van der Waals surface area contributed by atoms with Gasteiger partial charge in [-0.1, -0.05) is 12.7 Å². The summed E-state index contributed by atoms with van der Waals surface area (Å²) in [5.41, 5.74) is 0.819. The van der Waals surface area contributed by atoms with Crippen molar-refractivity contribution in [2.45, 2.75) is 20.8 Å². The average Bonchev–Trinajstić information content (AvgIpc) is 1.87. The van der Waals surface area contributed by atoms with E-state index in [1.165, 1.54) is 0 Å². The van der Waals surface area contributed by atoms with Crippen LogP contribution in [0.4, 0.5) is 0 Å². The standard InChI is InChI=1S/C9H16N2/c1-5-7-9(10-6-2)11-8(3)4/h5,7H,3,6H2,1-2,4H3,(H,10,11)/b7-5+. The first kappa shape index (κ1) is 9.95. The number of hydrogen-bond donors (Lipinski definition) is 1. The molecule has 0 heterocycles. The molecule has 0 spiro atoms. The molecular weight excluding hydrogens is 136 g/mol. The van der Waals surface area contributed by atoms with Crippen LogP contribution in [0.25, 0.3) is 0 Å². The summed E-state index contributed by atoms with van der Waals surface area (Å²) >= 11 is 0. The number of nitrogens with zero attached hydrogens (tertiary/aromatic N) is 1. The Kier molecular flexibility index (Phi) is 5.17. The second-order valence-electron chi connectivity index (χ2n) is 2.26. The van der Waals surface area contributed by atoms with Crippen LogP contribution in [0.15, 0.2) is 29.4 Å². The first-order valence-corrected chi connectivity index (χ1v) is 3.81. The van der Waals surface area contributed by atoms with Crippen LogP contribution in [-0.2, 0) is 0 Å². The van der Waals surface area contributed by atoms with E-state index < -0.39 is 0 Å². The smallest absolute Gasteiger partial charge is 0.125 e. The lowest BCUT2D eigenvalue weighted by Crippen LogP contribution is -2.20. The molecule has 0 aromatic rings. The zero-order valence-corrected chi connectivity index (χ0v) is 7.52. The van der Waals surface area contributed by atoms with Crippen molar-refractivity contribution in [1.29, 1.82) is 0 Å². The predicted octanol–water partition coefficient (Wildman–Crippen LogP) is 2.10. The summed E-state index contributed by atoms with van der Waals surface area (Å²) in [7, 11) is 0. The van der Waals surface area contributed by atoms with Gasteiger partial charge in [-0.15, -0.1) is 0 Å². The lowest BCUT2D eigenvalue weighted by atomic mass is 10.4. The Hall–Kier alpha value is -1.05. The van der Waals surface area contributed by atoms with E-state index in [4.69, 9.17) is 0 Å². The van der Waals surface area contributed by atoms with E-state index in [0.717, 1.165) is 18.1 Å². The maximum Gasteiger partial charge on any atom is 0.125 e. The Morgan fingerprint density at radius 1 is 1.64 bits per heavy atom. The van der Waals surface area contributed by atoms with Crippen molar-refractivity contribution in [2.75, 3.05) is 6.54 Å². The fraction of sp³-hybridized carbons (Fsp3) is 0.444. The van der Waals surface area contributed by atoms with E-state index in [1.54, 1.807) is 0 Å². The Labute approximate surface area is 68.7 Å². The molecule has 0 unspecified atom stereocenters. The summed E-state index contributed by atoms with van der Waals surface area (Å²) in [6, 6.07) is 0. The van der Waals surface area contributed by atoms with E-state index in [9.17, 15) is 0 Å². The Balaban J connectivity index is 4.19. The van der Waals surface area contributed by atoms with Crippen LogP contribution in [0.5, 0.6) is 0 Å². The zero-order valence-electron chi connectivity index (χ0n) is 7.52. The lowest BCUT2D eigenvalue weighted by molar-refractivity contribution is 0.966. The quantitative estimate of drug-likeness (QED) is 0.486. The minimum absolute atomic E-state index is 0.819. The summed E-state index contributed by atoms with van der Waals surface area (Å²) < 4.78 is 0. The highest BCUT2D eigenvalue weighted by molar-refractivity contribution is 5.93. The van der Waals surface area contributed by atoms with Gasteiger partial charge in [-0.2, -0.15) is 0 Å². The lowest BCUT2D eigenvalue weighted by Gasteiger charge is -2.01. The van der Waals surface area contributed by atoms with Crippen molar-refractivity contribution < 1.29 is 0 Å². The van der Waals surface area contributed by atoms with Gasteiger partial charge in [0.1, 0.15) is 5.84 Å². The van der Waals surface area contributed by atoms with Gasteiger partial charge >= 0.3 is 0 Å². The van der Waals surface area contributed by atoms with Gasteiger partial charge in [0.05, 0.1) is 0 Å². The van der Waals surface area contributed by atoms with Crippen LogP contribution >= 0.6 is 0 Å². The van der Waals surface area contributed by atoms with Gasteiger partial charge in [-0.3, -0.25) is 0 Å². The molecule has 62 valence electrons. The molecule has 0 amide bonds. The highest BCUT2D eigenvalue weighted by Crippen LogP contribution is 1.90. The fourth-order valence-electron chi connectivity index (χ4n) is 0.680. The molecular formula is C9H16N2. The van der Waals surface area contributed by atoms with E-state index in [2.05, 4.69) is 16.9 Å². The predicted molar refractivity (Wildman–Crippen MR) is 50.7 cm³/mol. The van der Waals surface area contributed by atoms with Crippen LogP contribution < -0.4 is 5.32 Å².